The number of piperidine rings is 2. The number of hydrogen-bond acceptors (Lipinski definition) is 12. The van der Waals surface area contributed by atoms with Crippen LogP contribution >= 0.6 is 11.6 Å². The molecule has 3 fully saturated rings. The predicted octanol–water partition coefficient (Wildman–Crippen LogP) is 7.53. The summed E-state index contributed by atoms with van der Waals surface area (Å²) in [5.41, 5.74) is 5.33. The number of carbonyl (C=O) groups is 1. The Morgan fingerprint density at radius 2 is 1.71 bits per heavy atom. The number of halogens is 2. The van der Waals surface area contributed by atoms with Crippen LogP contribution in [0.15, 0.2) is 59.6 Å². The zero-order valence-electron chi connectivity index (χ0n) is 36.4. The van der Waals surface area contributed by atoms with Crippen molar-refractivity contribution in [1.29, 1.82) is 0 Å². The third-order valence-electron chi connectivity index (χ3n) is 12.6. The molecule has 4 aromatic rings. The molecule has 16 heteroatoms. The number of benzene rings is 3. The fourth-order valence-corrected chi connectivity index (χ4v) is 10.6. The van der Waals surface area contributed by atoms with E-state index in [2.05, 4.69) is 65.7 Å². The van der Waals surface area contributed by atoms with Crippen LogP contribution in [0, 0.1) is 12.7 Å². The Bertz CT molecular complexity index is 2380. The maximum absolute atomic E-state index is 15.4. The average molecular weight is 889 g/mol. The maximum atomic E-state index is 15.4. The van der Waals surface area contributed by atoms with Crippen molar-refractivity contribution in [2.24, 2.45) is 0 Å². The molecule has 0 bridgehead atoms. The highest BCUT2D eigenvalue weighted by molar-refractivity contribution is 7.92. The van der Waals surface area contributed by atoms with Crippen molar-refractivity contribution in [3.8, 4) is 5.75 Å². The standard InChI is InChI=1S/C46H59ClFN9O4S/c1-29(2)61-41-24-40(31(5)21-39(41)52-46-50-26-36(47)44(53-46)51-38-10-6-7-11-42(38)62(59,60)30(3)4)56-15-12-34(13-16-56)55-19-17-54(18-20-55)27-32-22-33-28-57(35-9-8-14-49-25-35)45(58)43(33)37(48)23-32/h6-7,10-11,21-24,26,29-30,34-35,49H,8-9,12-20,25,27-28H2,1-5H3,(H2,50,51,52,53). The fraction of sp³-hybridized carbons (Fsp3) is 0.500. The van der Waals surface area contributed by atoms with Crippen molar-refractivity contribution in [3.63, 3.8) is 0 Å². The Balaban J connectivity index is 0.880. The van der Waals surface area contributed by atoms with Crippen molar-refractivity contribution < 1.29 is 22.3 Å². The summed E-state index contributed by atoms with van der Waals surface area (Å²) in [4.78, 5) is 31.8. The number of anilines is 5. The monoisotopic (exact) mass is 887 g/mol. The van der Waals surface area contributed by atoms with Crippen molar-refractivity contribution >= 4 is 56.2 Å². The van der Waals surface area contributed by atoms with Crippen LogP contribution in [0.3, 0.4) is 0 Å². The van der Waals surface area contributed by atoms with Gasteiger partial charge in [0.15, 0.2) is 15.7 Å². The van der Waals surface area contributed by atoms with Gasteiger partial charge in [-0.25, -0.2) is 17.8 Å². The number of hydrogen-bond donors (Lipinski definition) is 3. The molecule has 3 N–H and O–H groups in total. The molecule has 0 aliphatic carbocycles. The number of amides is 1. The summed E-state index contributed by atoms with van der Waals surface area (Å²) in [6.45, 7) is 17.9. The highest BCUT2D eigenvalue weighted by Crippen LogP contribution is 2.38. The van der Waals surface area contributed by atoms with Gasteiger partial charge >= 0.3 is 0 Å². The van der Waals surface area contributed by atoms with Gasteiger partial charge in [0, 0.05) is 82.7 Å². The molecular formula is C46H59ClFN9O4S. The molecule has 3 saturated heterocycles. The smallest absolute Gasteiger partial charge is 0.257 e. The van der Waals surface area contributed by atoms with Gasteiger partial charge in [-0.05, 0) is 108 Å². The number of fused-ring (bicyclic) bond motifs is 1. The van der Waals surface area contributed by atoms with Crippen LogP contribution in [0.2, 0.25) is 5.02 Å². The third kappa shape index (κ3) is 9.52. The second-order valence-electron chi connectivity index (χ2n) is 17.6. The molecule has 332 valence electrons. The SMILES string of the molecule is Cc1cc(Nc2ncc(Cl)c(Nc3ccccc3S(=O)(=O)C(C)C)n2)c(OC(C)C)cc1N1CCC(N2CCN(Cc3cc(F)c4c(c3)CN(C3CCCNC3)C4=O)CC2)CC1. The van der Waals surface area contributed by atoms with Gasteiger partial charge in [0.2, 0.25) is 5.95 Å². The summed E-state index contributed by atoms with van der Waals surface area (Å²) >= 11 is 6.53. The zero-order chi connectivity index (χ0) is 43.7. The quantitative estimate of drug-likeness (QED) is 0.123. The number of nitrogens with one attached hydrogen (secondary N) is 3. The lowest BCUT2D eigenvalue weighted by Crippen LogP contribution is -2.53. The number of ether oxygens (including phenoxy) is 1. The normalized spacial score (nSPS) is 19.4. The molecule has 4 aliphatic heterocycles. The summed E-state index contributed by atoms with van der Waals surface area (Å²) in [5.74, 6) is 0.670. The molecule has 1 atom stereocenters. The van der Waals surface area contributed by atoms with Crippen LogP contribution in [-0.2, 0) is 22.9 Å². The number of aryl methyl sites for hydroxylation is 1. The van der Waals surface area contributed by atoms with Crippen LogP contribution in [0.1, 0.15) is 80.4 Å². The Morgan fingerprint density at radius 3 is 2.42 bits per heavy atom. The van der Waals surface area contributed by atoms with E-state index in [1.165, 1.54) is 6.20 Å². The topological polar surface area (TPSA) is 135 Å². The number of aromatic nitrogens is 2. The van der Waals surface area contributed by atoms with Gasteiger partial charge in [0.25, 0.3) is 5.91 Å². The molecule has 0 spiro atoms. The fourth-order valence-electron chi connectivity index (χ4n) is 9.29. The van der Waals surface area contributed by atoms with Crippen molar-refractivity contribution in [1.82, 2.24) is 30.0 Å². The second-order valence-corrected chi connectivity index (χ2v) is 20.5. The van der Waals surface area contributed by atoms with E-state index in [9.17, 15) is 13.2 Å². The van der Waals surface area contributed by atoms with Crippen LogP contribution in [0.4, 0.5) is 33.2 Å². The van der Waals surface area contributed by atoms with Gasteiger partial charge in [-0.2, -0.15) is 4.98 Å². The molecule has 62 heavy (non-hydrogen) atoms. The first-order chi connectivity index (χ1) is 29.7. The number of carbonyl (C=O) groups excluding carboxylic acids is 1. The molecular weight excluding hydrogens is 829 g/mol. The summed E-state index contributed by atoms with van der Waals surface area (Å²) in [5, 5.41) is 9.49. The van der Waals surface area contributed by atoms with E-state index < -0.39 is 15.1 Å². The average Bonchev–Trinajstić information content (AvgIpc) is 3.59. The minimum absolute atomic E-state index is 0.0847. The lowest BCUT2D eigenvalue weighted by atomic mass is 10.00. The Kier molecular flexibility index (Phi) is 13.3. The van der Waals surface area contributed by atoms with E-state index >= 15 is 4.39 Å². The van der Waals surface area contributed by atoms with Gasteiger partial charge < -0.3 is 30.5 Å². The predicted molar refractivity (Wildman–Crippen MR) is 244 cm³/mol. The Hall–Kier alpha value is -4.54. The number of sulfone groups is 1. The van der Waals surface area contributed by atoms with E-state index in [4.69, 9.17) is 16.3 Å². The summed E-state index contributed by atoms with van der Waals surface area (Å²) < 4.78 is 47.9. The van der Waals surface area contributed by atoms with Crippen molar-refractivity contribution in [2.75, 3.05) is 67.9 Å². The lowest BCUT2D eigenvalue weighted by Gasteiger charge is -2.43. The summed E-state index contributed by atoms with van der Waals surface area (Å²) in [7, 11) is -3.57. The third-order valence-corrected chi connectivity index (χ3v) is 15.1. The molecule has 13 nitrogen and oxygen atoms in total. The van der Waals surface area contributed by atoms with Crippen LogP contribution in [0.5, 0.6) is 5.75 Å². The van der Waals surface area contributed by atoms with Crippen LogP contribution < -0.4 is 25.6 Å². The van der Waals surface area contributed by atoms with Crippen molar-refractivity contribution in [3.05, 3.63) is 87.8 Å². The van der Waals surface area contributed by atoms with Gasteiger partial charge in [0.1, 0.15) is 16.6 Å². The molecule has 0 saturated carbocycles. The molecule has 1 unspecified atom stereocenters. The van der Waals surface area contributed by atoms with E-state index in [1.54, 1.807) is 44.2 Å². The summed E-state index contributed by atoms with van der Waals surface area (Å²) in [6, 6.07) is 15.1. The number of piperazine rings is 1. The molecule has 3 aromatic carbocycles. The number of rotatable bonds is 13. The first-order valence-electron chi connectivity index (χ1n) is 22.0. The highest BCUT2D eigenvalue weighted by Gasteiger charge is 2.36. The zero-order valence-corrected chi connectivity index (χ0v) is 38.0. The lowest BCUT2D eigenvalue weighted by molar-refractivity contribution is 0.0671. The highest BCUT2D eigenvalue weighted by atomic mass is 35.5. The first kappa shape index (κ1) is 44.1. The van der Waals surface area contributed by atoms with E-state index in [0.29, 0.717) is 36.3 Å². The van der Waals surface area contributed by atoms with E-state index in [-0.39, 0.29) is 51.1 Å². The molecule has 5 heterocycles. The minimum Gasteiger partial charge on any atom is -0.489 e. The largest absolute Gasteiger partial charge is 0.489 e. The molecule has 1 amide bonds. The second kappa shape index (κ2) is 18.7. The van der Waals surface area contributed by atoms with E-state index in [0.717, 1.165) is 100 Å². The Morgan fingerprint density at radius 1 is 0.952 bits per heavy atom. The molecule has 1 aromatic heterocycles. The van der Waals surface area contributed by atoms with Gasteiger partial charge in [0.05, 0.1) is 39.4 Å². The van der Waals surface area contributed by atoms with Crippen LogP contribution in [-0.4, -0.2) is 115 Å². The minimum atomic E-state index is -3.57. The first-order valence-corrected chi connectivity index (χ1v) is 23.9. The van der Waals surface area contributed by atoms with Gasteiger partial charge in [-0.15, -0.1) is 0 Å². The maximum Gasteiger partial charge on any atom is 0.257 e. The van der Waals surface area contributed by atoms with Crippen molar-refractivity contribution in [2.45, 2.75) is 102 Å². The summed E-state index contributed by atoms with van der Waals surface area (Å²) in [6.07, 6.45) is 5.49. The number of nitrogens with zero attached hydrogens (tertiary/aromatic N) is 6. The molecule has 4 aliphatic rings. The molecule has 0 radical (unpaired) electrons. The Labute approximate surface area is 370 Å². The van der Waals surface area contributed by atoms with E-state index in [1.807, 2.05) is 18.7 Å². The van der Waals surface area contributed by atoms with Crippen LogP contribution in [0.25, 0.3) is 0 Å². The van der Waals surface area contributed by atoms with Gasteiger partial charge in [-0.1, -0.05) is 29.8 Å². The molecule has 8 rings (SSSR count). The van der Waals surface area contributed by atoms with Gasteiger partial charge in [-0.3, -0.25) is 14.6 Å². The number of para-hydroxylation sites is 1.